The van der Waals surface area contributed by atoms with Crippen LogP contribution in [0.3, 0.4) is 0 Å². The Bertz CT molecular complexity index is 1390. The molecule has 0 bridgehead atoms. The van der Waals surface area contributed by atoms with Crippen LogP contribution in [0.15, 0.2) is 18.5 Å². The molecule has 1 saturated heterocycles. The van der Waals surface area contributed by atoms with Crippen LogP contribution in [-0.2, 0) is 11.3 Å². The summed E-state index contributed by atoms with van der Waals surface area (Å²) < 4.78 is 39.2. The van der Waals surface area contributed by atoms with Gasteiger partial charge in [-0.1, -0.05) is 0 Å². The summed E-state index contributed by atoms with van der Waals surface area (Å²) in [5.41, 5.74) is 3.23. The lowest BCUT2D eigenvalue weighted by Gasteiger charge is -2.46. The molecule has 0 amide bonds. The van der Waals surface area contributed by atoms with Gasteiger partial charge in [0.2, 0.25) is 11.8 Å². The second kappa shape index (κ2) is 8.40. The first kappa shape index (κ1) is 22.1. The molecule has 6 rings (SSSR count). The molecule has 0 aromatic carbocycles. The fraction of sp³-hybridized carbons (Fsp3) is 0.500. The number of aromatic nitrogens is 6. The maximum absolute atomic E-state index is 13.1. The highest BCUT2D eigenvalue weighted by molar-refractivity contribution is 5.98. The van der Waals surface area contributed by atoms with Crippen molar-refractivity contribution in [2.24, 2.45) is 0 Å². The Labute approximate surface area is 200 Å². The maximum Gasteiger partial charge on any atom is 0.256 e. The quantitative estimate of drug-likeness (QED) is 0.417. The molecule has 11 heteroatoms. The second-order valence-electron chi connectivity index (χ2n) is 9.41. The normalized spacial score (nSPS) is 22.3. The molecular formula is C24H27F2N7O2. The Morgan fingerprint density at radius 1 is 1.26 bits per heavy atom. The first-order chi connectivity index (χ1) is 16.9. The van der Waals surface area contributed by atoms with Crippen molar-refractivity contribution in [1.82, 2.24) is 29.5 Å². The molecule has 0 radical (unpaired) electrons. The topological polar surface area (TPSA) is 103 Å². The standard InChI is InChI=1S/C24H27F2N7O2/c1-13-29-20-17(33(13)12-18(25)26)9-14(10-27-20)16-11-28-21-19(16)22(34-2)32-23(31-21)30-15-3-5-24(6-4-15)7-8-35-24/h9-11,15,18H,3-8,12H2,1-2H3,(H2,28,30,31,32). The van der Waals surface area contributed by atoms with Gasteiger partial charge in [-0.25, -0.2) is 18.7 Å². The Morgan fingerprint density at radius 2 is 2.06 bits per heavy atom. The number of methoxy groups -OCH3 is 1. The summed E-state index contributed by atoms with van der Waals surface area (Å²) in [7, 11) is 1.57. The molecule has 4 aromatic rings. The van der Waals surface area contributed by atoms with Gasteiger partial charge in [0.1, 0.15) is 11.5 Å². The van der Waals surface area contributed by atoms with Gasteiger partial charge in [0, 0.05) is 29.6 Å². The van der Waals surface area contributed by atoms with Gasteiger partial charge < -0.3 is 24.3 Å². The number of H-pyrrole nitrogens is 1. The summed E-state index contributed by atoms with van der Waals surface area (Å²) in [6.45, 7) is 2.14. The van der Waals surface area contributed by atoms with Gasteiger partial charge in [0.25, 0.3) is 6.43 Å². The number of halogens is 2. The molecule has 1 spiro atoms. The molecule has 4 aromatic heterocycles. The van der Waals surface area contributed by atoms with Gasteiger partial charge in [-0.3, -0.25) is 0 Å². The lowest BCUT2D eigenvalue weighted by molar-refractivity contribution is -0.165. The number of aromatic amines is 1. The zero-order valence-corrected chi connectivity index (χ0v) is 19.6. The SMILES string of the molecule is COc1nc(NC2CCC3(CCO3)CC2)nc2[nH]cc(-c3cnc4nc(C)n(CC(F)F)c4c3)c12. The summed E-state index contributed by atoms with van der Waals surface area (Å²) in [5, 5.41) is 4.17. The van der Waals surface area contributed by atoms with Crippen LogP contribution >= 0.6 is 0 Å². The predicted molar refractivity (Wildman–Crippen MR) is 127 cm³/mol. The minimum atomic E-state index is -2.49. The monoisotopic (exact) mass is 483 g/mol. The third-order valence-corrected chi connectivity index (χ3v) is 7.32. The number of nitrogens with one attached hydrogen (secondary N) is 2. The van der Waals surface area contributed by atoms with Crippen molar-refractivity contribution >= 4 is 28.1 Å². The van der Waals surface area contributed by atoms with Crippen molar-refractivity contribution in [1.29, 1.82) is 0 Å². The lowest BCUT2D eigenvalue weighted by Crippen LogP contribution is -2.48. The van der Waals surface area contributed by atoms with E-state index < -0.39 is 13.0 Å². The number of alkyl halides is 2. The van der Waals surface area contributed by atoms with Crippen molar-refractivity contribution in [3.63, 3.8) is 0 Å². The number of hydrogen-bond acceptors (Lipinski definition) is 7. The van der Waals surface area contributed by atoms with Gasteiger partial charge in [-0.2, -0.15) is 9.97 Å². The predicted octanol–water partition coefficient (Wildman–Crippen LogP) is 4.47. The summed E-state index contributed by atoms with van der Waals surface area (Å²) in [5.74, 6) is 1.44. The molecule has 35 heavy (non-hydrogen) atoms. The van der Waals surface area contributed by atoms with E-state index in [1.54, 1.807) is 20.2 Å². The van der Waals surface area contributed by atoms with E-state index in [4.69, 9.17) is 14.5 Å². The van der Waals surface area contributed by atoms with Gasteiger partial charge in [-0.15, -0.1) is 0 Å². The third kappa shape index (κ3) is 3.87. The van der Waals surface area contributed by atoms with E-state index in [1.807, 2.05) is 12.3 Å². The zero-order valence-electron chi connectivity index (χ0n) is 19.6. The number of hydrogen-bond donors (Lipinski definition) is 2. The molecule has 0 atom stereocenters. The molecule has 1 aliphatic carbocycles. The third-order valence-electron chi connectivity index (χ3n) is 7.32. The minimum Gasteiger partial charge on any atom is -0.480 e. The van der Waals surface area contributed by atoms with Crippen molar-refractivity contribution in [3.05, 3.63) is 24.3 Å². The summed E-state index contributed by atoms with van der Waals surface area (Å²) in [6.07, 6.45) is 6.28. The largest absolute Gasteiger partial charge is 0.480 e. The van der Waals surface area contributed by atoms with Gasteiger partial charge >= 0.3 is 0 Å². The highest BCUT2D eigenvalue weighted by Gasteiger charge is 2.41. The molecule has 184 valence electrons. The highest BCUT2D eigenvalue weighted by Crippen LogP contribution is 2.41. The first-order valence-electron chi connectivity index (χ1n) is 11.9. The first-order valence-corrected chi connectivity index (χ1v) is 11.9. The van der Waals surface area contributed by atoms with Crippen LogP contribution in [-0.4, -0.2) is 61.3 Å². The van der Waals surface area contributed by atoms with Crippen molar-refractivity contribution < 1.29 is 18.3 Å². The van der Waals surface area contributed by atoms with E-state index in [1.165, 1.54) is 4.57 Å². The van der Waals surface area contributed by atoms with Crippen molar-refractivity contribution in [2.45, 2.75) is 63.6 Å². The van der Waals surface area contributed by atoms with Gasteiger partial charge in [0.05, 0.1) is 36.8 Å². The summed E-state index contributed by atoms with van der Waals surface area (Å²) in [6, 6.07) is 2.10. The fourth-order valence-corrected chi connectivity index (χ4v) is 5.33. The molecule has 1 saturated carbocycles. The zero-order chi connectivity index (χ0) is 24.2. The molecule has 5 heterocycles. The molecule has 9 nitrogen and oxygen atoms in total. The number of aryl methyl sites for hydroxylation is 1. The van der Waals surface area contributed by atoms with E-state index in [-0.39, 0.29) is 11.6 Å². The Morgan fingerprint density at radius 3 is 2.74 bits per heavy atom. The number of imidazole rings is 1. The molecular weight excluding hydrogens is 456 g/mol. The van der Waals surface area contributed by atoms with Crippen LogP contribution in [0, 0.1) is 6.92 Å². The lowest BCUT2D eigenvalue weighted by atomic mass is 9.77. The van der Waals surface area contributed by atoms with E-state index in [2.05, 4.69) is 25.3 Å². The average molecular weight is 484 g/mol. The van der Waals surface area contributed by atoms with Crippen LogP contribution in [0.1, 0.15) is 37.9 Å². The number of anilines is 1. The minimum absolute atomic E-state index is 0.105. The maximum atomic E-state index is 13.1. The van der Waals surface area contributed by atoms with Gasteiger partial charge in [-0.05, 0) is 45.1 Å². The molecule has 0 unspecified atom stereocenters. The molecule has 2 fully saturated rings. The molecule has 2 N–H and O–H groups in total. The van der Waals surface area contributed by atoms with Crippen LogP contribution < -0.4 is 10.1 Å². The van der Waals surface area contributed by atoms with Crippen LogP contribution in [0.5, 0.6) is 5.88 Å². The number of fused-ring (bicyclic) bond motifs is 2. The summed E-state index contributed by atoms with van der Waals surface area (Å²) in [4.78, 5) is 21.3. The molecule has 1 aliphatic heterocycles. The molecule has 2 aliphatic rings. The number of nitrogens with zero attached hydrogens (tertiary/aromatic N) is 5. The van der Waals surface area contributed by atoms with Gasteiger partial charge in [0.15, 0.2) is 5.65 Å². The Hall–Kier alpha value is -3.34. The smallest absolute Gasteiger partial charge is 0.256 e. The highest BCUT2D eigenvalue weighted by atomic mass is 19.3. The van der Waals surface area contributed by atoms with Crippen molar-refractivity contribution in [2.75, 3.05) is 19.0 Å². The van der Waals surface area contributed by atoms with E-state index in [0.29, 0.717) is 39.9 Å². The van der Waals surface area contributed by atoms with Crippen molar-refractivity contribution in [3.8, 4) is 17.0 Å². The average Bonchev–Trinajstić information content (AvgIpc) is 3.38. The number of rotatable bonds is 6. The number of pyridine rings is 1. The van der Waals surface area contributed by atoms with E-state index in [9.17, 15) is 8.78 Å². The van der Waals surface area contributed by atoms with Crippen LogP contribution in [0.25, 0.3) is 33.3 Å². The van der Waals surface area contributed by atoms with Crippen LogP contribution in [0.4, 0.5) is 14.7 Å². The fourth-order valence-electron chi connectivity index (χ4n) is 5.33. The van der Waals surface area contributed by atoms with E-state index in [0.717, 1.165) is 49.8 Å². The number of ether oxygens (including phenoxy) is 2. The Kier molecular flexibility index (Phi) is 5.32. The summed E-state index contributed by atoms with van der Waals surface area (Å²) >= 11 is 0. The second-order valence-corrected chi connectivity index (χ2v) is 9.41. The van der Waals surface area contributed by atoms with E-state index >= 15 is 0 Å². The van der Waals surface area contributed by atoms with Crippen LogP contribution in [0.2, 0.25) is 0 Å². The Balaban J connectivity index is 1.32.